The van der Waals surface area contributed by atoms with Gasteiger partial charge >= 0.3 is 12.0 Å². The number of nitrogens with two attached hydrogens (primary N) is 1. The molecule has 2 aromatic carbocycles. The van der Waals surface area contributed by atoms with Crippen LogP contribution >= 0.6 is 0 Å². The van der Waals surface area contributed by atoms with Crippen LogP contribution in [0.25, 0.3) is 0 Å². The normalized spacial score (nSPS) is 11.8. The smallest absolute Gasteiger partial charge is 0.312 e. The fourth-order valence-electron chi connectivity index (χ4n) is 5.63. The summed E-state index contributed by atoms with van der Waals surface area (Å²) in [5.41, 5.74) is 9.57. The van der Waals surface area contributed by atoms with Crippen molar-refractivity contribution in [3.05, 3.63) is 60.2 Å². The van der Waals surface area contributed by atoms with Gasteiger partial charge in [-0.05, 0) is 81.2 Å². The van der Waals surface area contributed by atoms with Crippen LogP contribution in [-0.4, -0.2) is 66.8 Å². The van der Waals surface area contributed by atoms with Crippen LogP contribution in [-0.2, 0) is 44.9 Å². The number of carbonyl (C=O) groups is 7. The zero-order chi connectivity index (χ0) is 41.8. The SMILES string of the molecule is CCOC(=O)CCCCCC(=O)NC(C(=O)NC(CCCNC(N)=O)C(=O)Nc1ccc(CONC(=O)CCCCCCC(=O)Nc2ccccc2)cc1)C(C)C. The summed E-state index contributed by atoms with van der Waals surface area (Å²) in [5.74, 6) is -2.17. The van der Waals surface area contributed by atoms with E-state index in [9.17, 15) is 33.6 Å². The van der Waals surface area contributed by atoms with Crippen molar-refractivity contribution in [2.75, 3.05) is 23.8 Å². The lowest BCUT2D eigenvalue weighted by Crippen LogP contribution is -2.54. The Balaban J connectivity index is 1.79. The Morgan fingerprint density at radius 1 is 0.649 bits per heavy atom. The average Bonchev–Trinajstić information content (AvgIpc) is 3.17. The monoisotopic (exact) mass is 795 g/mol. The molecule has 0 spiro atoms. The van der Waals surface area contributed by atoms with Crippen LogP contribution in [0.3, 0.4) is 0 Å². The first kappa shape index (κ1) is 47.6. The fourth-order valence-corrected chi connectivity index (χ4v) is 5.63. The van der Waals surface area contributed by atoms with Crippen LogP contribution in [0.15, 0.2) is 54.6 Å². The second-order valence-corrected chi connectivity index (χ2v) is 14.0. The zero-order valence-electron chi connectivity index (χ0n) is 33.5. The van der Waals surface area contributed by atoms with Gasteiger partial charge in [0.15, 0.2) is 0 Å². The maximum Gasteiger partial charge on any atom is 0.312 e. The Morgan fingerprint density at radius 3 is 1.88 bits per heavy atom. The molecule has 8 N–H and O–H groups in total. The lowest BCUT2D eigenvalue weighted by Gasteiger charge is -2.25. The molecular formula is C41H61N7O9. The van der Waals surface area contributed by atoms with E-state index in [2.05, 4.69) is 32.1 Å². The third-order valence-electron chi connectivity index (χ3n) is 8.72. The molecule has 2 unspecified atom stereocenters. The molecule has 0 aliphatic heterocycles. The molecule has 0 aromatic heterocycles. The van der Waals surface area contributed by atoms with E-state index in [1.54, 1.807) is 45.0 Å². The van der Waals surface area contributed by atoms with Crippen LogP contribution in [0, 0.1) is 5.92 Å². The molecule has 0 fully saturated rings. The molecule has 57 heavy (non-hydrogen) atoms. The van der Waals surface area contributed by atoms with Crippen molar-refractivity contribution < 1.29 is 43.1 Å². The summed E-state index contributed by atoms with van der Waals surface area (Å²) in [7, 11) is 0. The molecule has 0 bridgehead atoms. The van der Waals surface area contributed by atoms with Gasteiger partial charge < -0.3 is 37.1 Å². The number of anilines is 2. The molecule has 2 atom stereocenters. The van der Waals surface area contributed by atoms with Gasteiger partial charge in [-0.1, -0.05) is 63.4 Å². The van der Waals surface area contributed by atoms with E-state index in [4.69, 9.17) is 15.3 Å². The Bertz CT molecular complexity index is 1560. The van der Waals surface area contributed by atoms with Gasteiger partial charge in [0.1, 0.15) is 12.1 Å². The number of ether oxygens (including phenoxy) is 1. The van der Waals surface area contributed by atoms with Gasteiger partial charge in [-0.2, -0.15) is 0 Å². The van der Waals surface area contributed by atoms with Crippen LogP contribution in [0.4, 0.5) is 16.2 Å². The number of carbonyl (C=O) groups excluding carboxylic acids is 7. The largest absolute Gasteiger partial charge is 0.466 e. The number of hydrogen-bond acceptors (Lipinski definition) is 9. The van der Waals surface area contributed by atoms with E-state index >= 15 is 0 Å². The first-order valence-corrected chi connectivity index (χ1v) is 19.8. The van der Waals surface area contributed by atoms with Crippen molar-refractivity contribution in [1.29, 1.82) is 0 Å². The van der Waals surface area contributed by atoms with Crippen LogP contribution in [0.5, 0.6) is 0 Å². The third-order valence-corrected chi connectivity index (χ3v) is 8.72. The highest BCUT2D eigenvalue weighted by Crippen LogP contribution is 2.14. The Morgan fingerprint density at radius 2 is 1.25 bits per heavy atom. The molecule has 0 radical (unpaired) electrons. The van der Waals surface area contributed by atoms with Gasteiger partial charge in [-0.15, -0.1) is 0 Å². The number of nitrogens with one attached hydrogen (secondary N) is 6. The maximum atomic E-state index is 13.4. The molecule has 0 heterocycles. The molecular weight excluding hydrogens is 734 g/mol. The van der Waals surface area contributed by atoms with Crippen LogP contribution < -0.4 is 37.8 Å². The topological polar surface area (TPSA) is 236 Å². The maximum absolute atomic E-state index is 13.4. The number of esters is 1. The van der Waals surface area contributed by atoms with Gasteiger partial charge in [0.25, 0.3) is 0 Å². The molecule has 0 aliphatic carbocycles. The van der Waals surface area contributed by atoms with Crippen molar-refractivity contribution >= 4 is 52.9 Å². The minimum absolute atomic E-state index is 0.0323. The Kier molecular flexibility index (Phi) is 23.4. The summed E-state index contributed by atoms with van der Waals surface area (Å²) >= 11 is 0. The van der Waals surface area contributed by atoms with Gasteiger partial charge in [0.05, 0.1) is 13.2 Å². The standard InChI is InChI=1S/C41H61N7O9/c1-4-56-37(52)22-14-8-13-20-35(50)47-38(29(2)3)40(54)46-33(18-15-27-43-41(42)55)39(53)45-32-25-23-30(24-26-32)28-57-48-36(51)21-12-6-5-11-19-34(49)44-31-16-9-7-10-17-31/h7,9-10,16-17,23-26,29,33,38H,4-6,8,11-15,18-22,27-28H2,1-3H3,(H,44,49)(H,45,53)(H,46,54)(H,47,50)(H,48,51)(H3,42,43,55). The molecule has 7 amide bonds. The van der Waals surface area contributed by atoms with E-state index in [0.29, 0.717) is 57.2 Å². The van der Waals surface area contributed by atoms with E-state index in [1.807, 2.05) is 30.3 Å². The number of hydroxylamine groups is 1. The van der Waals surface area contributed by atoms with Gasteiger partial charge in [0.2, 0.25) is 29.5 Å². The quantitative estimate of drug-likeness (QED) is 0.0357. The molecule has 0 aliphatic rings. The number of primary amides is 1. The molecule has 16 nitrogen and oxygen atoms in total. The Hall–Kier alpha value is -5.51. The fraction of sp³-hybridized carbons (Fsp3) is 0.537. The number of para-hydroxylation sites is 1. The highest BCUT2D eigenvalue weighted by atomic mass is 16.6. The lowest BCUT2D eigenvalue weighted by molar-refractivity contribution is -0.143. The number of benzene rings is 2. The predicted molar refractivity (Wildman–Crippen MR) is 216 cm³/mol. The van der Waals surface area contributed by atoms with Crippen LogP contribution in [0.1, 0.15) is 110 Å². The van der Waals surface area contributed by atoms with Crippen molar-refractivity contribution in [3.8, 4) is 0 Å². The molecule has 0 saturated carbocycles. The van der Waals surface area contributed by atoms with Gasteiger partial charge in [-0.25, -0.2) is 10.3 Å². The summed E-state index contributed by atoms with van der Waals surface area (Å²) in [5, 5.41) is 13.7. The van der Waals surface area contributed by atoms with E-state index in [1.165, 1.54) is 0 Å². The highest BCUT2D eigenvalue weighted by molar-refractivity contribution is 5.98. The second-order valence-electron chi connectivity index (χ2n) is 14.0. The zero-order valence-corrected chi connectivity index (χ0v) is 33.5. The number of rotatable bonds is 28. The van der Waals surface area contributed by atoms with Crippen molar-refractivity contribution in [1.82, 2.24) is 21.4 Å². The molecule has 2 rings (SSSR count). The minimum Gasteiger partial charge on any atom is -0.466 e. The van der Waals surface area contributed by atoms with Crippen LogP contribution in [0.2, 0.25) is 0 Å². The van der Waals surface area contributed by atoms with Crippen molar-refractivity contribution in [2.24, 2.45) is 11.7 Å². The first-order chi connectivity index (χ1) is 27.4. The summed E-state index contributed by atoms with van der Waals surface area (Å²) in [6.45, 7) is 5.92. The summed E-state index contributed by atoms with van der Waals surface area (Å²) in [4.78, 5) is 91.8. The summed E-state index contributed by atoms with van der Waals surface area (Å²) in [6, 6.07) is 13.5. The Labute approximate surface area is 335 Å². The molecule has 0 saturated heterocycles. The second kappa shape index (κ2) is 28.0. The summed E-state index contributed by atoms with van der Waals surface area (Å²) < 4.78 is 4.91. The minimum atomic E-state index is -0.995. The summed E-state index contributed by atoms with van der Waals surface area (Å²) in [6.07, 6.45) is 6.51. The van der Waals surface area contributed by atoms with E-state index < -0.39 is 29.9 Å². The van der Waals surface area contributed by atoms with Crippen molar-refractivity contribution in [2.45, 2.75) is 123 Å². The predicted octanol–water partition coefficient (Wildman–Crippen LogP) is 4.74. The van der Waals surface area contributed by atoms with Crippen molar-refractivity contribution in [3.63, 3.8) is 0 Å². The highest BCUT2D eigenvalue weighted by Gasteiger charge is 2.29. The lowest BCUT2D eigenvalue weighted by atomic mass is 10.0. The number of unbranched alkanes of at least 4 members (excludes halogenated alkanes) is 5. The molecule has 2 aromatic rings. The van der Waals surface area contributed by atoms with E-state index in [0.717, 1.165) is 30.5 Å². The molecule has 314 valence electrons. The molecule has 16 heteroatoms. The van der Waals surface area contributed by atoms with Gasteiger partial charge in [-0.3, -0.25) is 33.6 Å². The van der Waals surface area contributed by atoms with Gasteiger partial charge in [0, 0.05) is 43.6 Å². The average molecular weight is 796 g/mol. The number of amides is 7. The number of urea groups is 1. The number of hydrogen-bond donors (Lipinski definition) is 7. The van der Waals surface area contributed by atoms with E-state index in [-0.39, 0.29) is 62.0 Å². The third kappa shape index (κ3) is 22.0. The first-order valence-electron chi connectivity index (χ1n) is 19.8.